The lowest BCUT2D eigenvalue weighted by Crippen LogP contribution is -2.08. The minimum atomic E-state index is -0.356. The molecule has 3 nitrogen and oxygen atoms in total. The molecular weight excluding hydrogens is 323 g/mol. The van der Waals surface area contributed by atoms with E-state index in [0.29, 0.717) is 15.7 Å². The Hall–Kier alpha value is -0.563. The zero-order valence-corrected chi connectivity index (χ0v) is 12.7. The number of ether oxygens (including phenoxy) is 1. The molecular formula is C10H13IO3Si. The van der Waals surface area contributed by atoms with Crippen molar-refractivity contribution in [1.29, 1.82) is 0 Å². The van der Waals surface area contributed by atoms with Gasteiger partial charge in [0, 0.05) is 10.2 Å². The van der Waals surface area contributed by atoms with E-state index < -0.39 is 0 Å². The fraction of sp³-hybridized carbons (Fsp3) is 0.300. The van der Waals surface area contributed by atoms with Crippen LogP contribution in [0.15, 0.2) is 18.2 Å². The highest BCUT2D eigenvalue weighted by molar-refractivity contribution is 14.1. The van der Waals surface area contributed by atoms with Crippen LogP contribution >= 0.6 is 22.6 Å². The Morgan fingerprint density at radius 3 is 2.93 bits per heavy atom. The molecule has 0 amide bonds. The lowest BCUT2D eigenvalue weighted by molar-refractivity contribution is 0.0503. The largest absolute Gasteiger partial charge is 0.507 e. The van der Waals surface area contributed by atoms with Crippen LogP contribution in [-0.2, 0) is 4.74 Å². The summed E-state index contributed by atoms with van der Waals surface area (Å²) >= 11 is 1.94. The van der Waals surface area contributed by atoms with Crippen molar-refractivity contribution < 1.29 is 14.6 Å². The molecule has 0 unspecified atom stereocenters. The summed E-state index contributed by atoms with van der Waals surface area (Å²) in [7, 11) is 1.13. The molecule has 0 saturated heterocycles. The number of halogens is 1. The van der Waals surface area contributed by atoms with E-state index in [2.05, 4.69) is 0 Å². The third-order valence-electron chi connectivity index (χ3n) is 1.93. The van der Waals surface area contributed by atoms with Gasteiger partial charge in [-0.1, -0.05) is 12.1 Å². The second kappa shape index (κ2) is 6.11. The maximum atomic E-state index is 11.6. The summed E-state index contributed by atoms with van der Waals surface area (Å²) in [6.07, 6.45) is 0.924. The number of aromatic hydroxyl groups is 1. The van der Waals surface area contributed by atoms with Gasteiger partial charge in [-0.3, -0.25) is 0 Å². The van der Waals surface area contributed by atoms with Crippen LogP contribution in [0.5, 0.6) is 5.75 Å². The van der Waals surface area contributed by atoms with Crippen LogP contribution in [-0.4, -0.2) is 27.9 Å². The van der Waals surface area contributed by atoms with E-state index in [4.69, 9.17) is 4.74 Å². The molecule has 0 aromatic heterocycles. The Morgan fingerprint density at radius 2 is 2.27 bits per heavy atom. The molecule has 15 heavy (non-hydrogen) atoms. The van der Waals surface area contributed by atoms with E-state index in [0.717, 1.165) is 22.7 Å². The van der Waals surface area contributed by atoms with Crippen LogP contribution in [0.4, 0.5) is 0 Å². The van der Waals surface area contributed by atoms with E-state index in [-0.39, 0.29) is 11.7 Å². The topological polar surface area (TPSA) is 46.5 Å². The third kappa shape index (κ3) is 3.49. The summed E-state index contributed by atoms with van der Waals surface area (Å²) < 4.78 is 5.62. The van der Waals surface area contributed by atoms with Crippen molar-refractivity contribution in [3.05, 3.63) is 27.3 Å². The van der Waals surface area contributed by atoms with Crippen LogP contribution in [0.3, 0.4) is 0 Å². The highest BCUT2D eigenvalue weighted by atomic mass is 127. The monoisotopic (exact) mass is 336 g/mol. The molecule has 0 heterocycles. The number of benzene rings is 1. The molecule has 0 fully saturated rings. The van der Waals surface area contributed by atoms with Gasteiger partial charge in [0.15, 0.2) is 0 Å². The first-order valence-corrected chi connectivity index (χ1v) is 7.30. The van der Waals surface area contributed by atoms with Crippen molar-refractivity contribution in [3.63, 3.8) is 0 Å². The summed E-state index contributed by atoms with van der Waals surface area (Å²) in [5.41, 5.74) is 0.434. The van der Waals surface area contributed by atoms with Gasteiger partial charge in [-0.15, -0.1) is 0 Å². The van der Waals surface area contributed by atoms with E-state index in [1.807, 2.05) is 22.6 Å². The Bertz CT molecular complexity index is 355. The van der Waals surface area contributed by atoms with Gasteiger partial charge in [-0.25, -0.2) is 4.79 Å². The van der Waals surface area contributed by atoms with Gasteiger partial charge in [0.2, 0.25) is 0 Å². The molecule has 0 saturated carbocycles. The van der Waals surface area contributed by atoms with E-state index in [9.17, 15) is 9.90 Å². The molecule has 1 rings (SSSR count). The third-order valence-corrected chi connectivity index (χ3v) is 3.77. The molecule has 0 spiro atoms. The summed E-state index contributed by atoms with van der Waals surface area (Å²) in [5, 5.41) is 9.41. The predicted molar refractivity (Wildman–Crippen MR) is 70.5 cm³/mol. The molecule has 1 aromatic carbocycles. The van der Waals surface area contributed by atoms with Gasteiger partial charge in [0.05, 0.1) is 15.7 Å². The van der Waals surface area contributed by atoms with Gasteiger partial charge >= 0.3 is 5.97 Å². The Morgan fingerprint density at radius 1 is 1.53 bits per heavy atom. The van der Waals surface area contributed by atoms with Gasteiger partial charge in [0.1, 0.15) is 5.75 Å². The molecule has 0 aliphatic carbocycles. The smallest absolute Gasteiger partial charge is 0.339 e. The quantitative estimate of drug-likeness (QED) is 0.391. The number of hydrogen-bond acceptors (Lipinski definition) is 3. The van der Waals surface area contributed by atoms with Crippen LogP contribution in [0.1, 0.15) is 16.8 Å². The average molecular weight is 336 g/mol. The summed E-state index contributed by atoms with van der Waals surface area (Å²) in [6, 6.07) is 5.98. The SMILES string of the molecule is O=C(OCCC[SiH3])c1cccc(O)c1I. The van der Waals surface area contributed by atoms with Crippen molar-refractivity contribution in [2.24, 2.45) is 0 Å². The minimum Gasteiger partial charge on any atom is -0.507 e. The summed E-state index contributed by atoms with van der Waals surface area (Å²) in [5.74, 6) is -0.238. The zero-order chi connectivity index (χ0) is 11.3. The van der Waals surface area contributed by atoms with E-state index in [1.54, 1.807) is 18.2 Å². The number of rotatable bonds is 4. The Balaban J connectivity index is 2.69. The molecule has 0 bridgehead atoms. The second-order valence-electron chi connectivity index (χ2n) is 3.13. The number of phenols is 1. The molecule has 1 aromatic rings. The predicted octanol–water partition coefficient (Wildman–Crippen LogP) is 1.33. The first kappa shape index (κ1) is 12.5. The van der Waals surface area contributed by atoms with Gasteiger partial charge in [-0.05, 0) is 41.1 Å². The number of esters is 1. The van der Waals surface area contributed by atoms with Crippen LogP contribution < -0.4 is 0 Å². The van der Waals surface area contributed by atoms with Crippen molar-refractivity contribution in [3.8, 4) is 5.75 Å². The van der Waals surface area contributed by atoms with Gasteiger partial charge in [0.25, 0.3) is 0 Å². The average Bonchev–Trinajstić information content (AvgIpc) is 2.22. The first-order valence-electron chi connectivity index (χ1n) is 4.81. The van der Waals surface area contributed by atoms with Crippen molar-refractivity contribution in [2.75, 3.05) is 6.61 Å². The lowest BCUT2D eigenvalue weighted by atomic mass is 10.2. The van der Waals surface area contributed by atoms with Crippen molar-refractivity contribution >= 4 is 38.8 Å². The normalized spacial score (nSPS) is 10.2. The molecule has 5 heteroatoms. The summed E-state index contributed by atoms with van der Waals surface area (Å²) in [4.78, 5) is 11.6. The Labute approximate surface area is 105 Å². The second-order valence-corrected chi connectivity index (χ2v) is 5.21. The molecule has 0 aliphatic heterocycles. The van der Waals surface area contributed by atoms with Crippen LogP contribution in [0.2, 0.25) is 6.04 Å². The fourth-order valence-electron chi connectivity index (χ4n) is 1.06. The number of hydrogen-bond donors (Lipinski definition) is 1. The number of phenolic OH excluding ortho intramolecular Hbond substituents is 1. The van der Waals surface area contributed by atoms with E-state index in [1.165, 1.54) is 0 Å². The molecule has 0 aliphatic rings. The molecule has 0 atom stereocenters. The zero-order valence-electron chi connectivity index (χ0n) is 8.50. The summed E-state index contributed by atoms with van der Waals surface area (Å²) in [6.45, 7) is 0.466. The van der Waals surface area contributed by atoms with Crippen molar-refractivity contribution in [1.82, 2.24) is 0 Å². The van der Waals surface area contributed by atoms with Gasteiger partial charge < -0.3 is 9.84 Å². The molecule has 82 valence electrons. The maximum absolute atomic E-state index is 11.6. The molecule has 0 radical (unpaired) electrons. The Kier molecular flexibility index (Phi) is 5.10. The maximum Gasteiger partial charge on any atom is 0.339 e. The highest BCUT2D eigenvalue weighted by Crippen LogP contribution is 2.23. The minimum absolute atomic E-state index is 0.118. The van der Waals surface area contributed by atoms with Crippen LogP contribution in [0.25, 0.3) is 0 Å². The standard InChI is InChI=1S/C10H13IO3Si/c11-9-7(3-1-4-8(9)12)10(13)14-5-2-6-15/h1,3-4,12H,2,5-6H2,15H3. The first-order chi connectivity index (χ1) is 7.16. The van der Waals surface area contributed by atoms with Gasteiger partial charge in [-0.2, -0.15) is 0 Å². The molecule has 1 N–H and O–H groups in total. The van der Waals surface area contributed by atoms with Crippen LogP contribution in [0, 0.1) is 3.57 Å². The van der Waals surface area contributed by atoms with E-state index >= 15 is 0 Å². The lowest BCUT2D eigenvalue weighted by Gasteiger charge is -2.06. The van der Waals surface area contributed by atoms with Crippen molar-refractivity contribution in [2.45, 2.75) is 12.5 Å². The number of carbonyl (C=O) groups is 1. The highest BCUT2D eigenvalue weighted by Gasteiger charge is 2.13. The number of carbonyl (C=O) groups excluding carboxylic acids is 1. The fourth-order valence-corrected chi connectivity index (χ4v) is 1.93.